The third-order valence-corrected chi connectivity index (χ3v) is 3.40. The van der Waals surface area contributed by atoms with Crippen molar-refractivity contribution >= 4 is 0 Å². The molecule has 0 aromatic rings. The SMILES string of the molecule is C=C1CCN2CCC(C)=CC2(C)C1. The van der Waals surface area contributed by atoms with Crippen LogP contribution in [0.25, 0.3) is 0 Å². The summed E-state index contributed by atoms with van der Waals surface area (Å²) in [5.41, 5.74) is 3.26. The van der Waals surface area contributed by atoms with Gasteiger partial charge in [0, 0.05) is 18.6 Å². The Kier molecular flexibility index (Phi) is 2.07. The van der Waals surface area contributed by atoms with E-state index in [4.69, 9.17) is 0 Å². The number of piperidine rings is 1. The van der Waals surface area contributed by atoms with Crippen LogP contribution in [0, 0.1) is 0 Å². The largest absolute Gasteiger partial charge is 0.294 e. The maximum absolute atomic E-state index is 4.12. The second-order valence-corrected chi connectivity index (χ2v) is 4.76. The Morgan fingerprint density at radius 1 is 1.38 bits per heavy atom. The van der Waals surface area contributed by atoms with Gasteiger partial charge in [0.2, 0.25) is 0 Å². The van der Waals surface area contributed by atoms with Crippen LogP contribution < -0.4 is 0 Å². The molecule has 2 heterocycles. The molecule has 0 aromatic carbocycles. The fraction of sp³-hybridized carbons (Fsp3) is 0.667. The predicted octanol–water partition coefficient (Wildman–Crippen LogP) is 2.75. The van der Waals surface area contributed by atoms with Gasteiger partial charge in [-0.05, 0) is 33.1 Å². The summed E-state index contributed by atoms with van der Waals surface area (Å²) in [6.45, 7) is 11.2. The number of nitrogens with zero attached hydrogens (tertiary/aromatic N) is 1. The van der Waals surface area contributed by atoms with E-state index in [1.165, 1.54) is 31.5 Å². The highest BCUT2D eigenvalue weighted by Gasteiger charge is 2.35. The quantitative estimate of drug-likeness (QED) is 0.514. The Hall–Kier alpha value is -0.560. The molecule has 0 amide bonds. The molecule has 2 rings (SSSR count). The van der Waals surface area contributed by atoms with Crippen LogP contribution in [-0.2, 0) is 0 Å². The van der Waals surface area contributed by atoms with Crippen LogP contribution in [0.3, 0.4) is 0 Å². The van der Waals surface area contributed by atoms with Gasteiger partial charge in [0.1, 0.15) is 0 Å². The van der Waals surface area contributed by atoms with Crippen LogP contribution in [-0.4, -0.2) is 23.5 Å². The van der Waals surface area contributed by atoms with Gasteiger partial charge in [0.05, 0.1) is 0 Å². The van der Waals surface area contributed by atoms with E-state index in [0.29, 0.717) is 0 Å². The lowest BCUT2D eigenvalue weighted by molar-refractivity contribution is 0.116. The Labute approximate surface area is 81.1 Å². The summed E-state index contributed by atoms with van der Waals surface area (Å²) in [4.78, 5) is 2.61. The molecule has 0 aliphatic carbocycles. The van der Waals surface area contributed by atoms with Crippen LogP contribution >= 0.6 is 0 Å². The van der Waals surface area contributed by atoms with Gasteiger partial charge >= 0.3 is 0 Å². The highest BCUT2D eigenvalue weighted by atomic mass is 15.2. The highest BCUT2D eigenvalue weighted by molar-refractivity contribution is 5.22. The van der Waals surface area contributed by atoms with Gasteiger partial charge in [-0.1, -0.05) is 23.8 Å². The minimum absolute atomic E-state index is 0.289. The van der Waals surface area contributed by atoms with E-state index >= 15 is 0 Å². The van der Waals surface area contributed by atoms with E-state index in [2.05, 4.69) is 31.4 Å². The summed E-state index contributed by atoms with van der Waals surface area (Å²) in [7, 11) is 0. The number of fused-ring (bicyclic) bond motifs is 1. The fourth-order valence-electron chi connectivity index (χ4n) is 2.68. The summed E-state index contributed by atoms with van der Waals surface area (Å²) >= 11 is 0. The first-order chi connectivity index (χ1) is 6.10. The van der Waals surface area contributed by atoms with Crippen molar-refractivity contribution in [2.75, 3.05) is 13.1 Å². The molecule has 2 aliphatic heterocycles. The lowest BCUT2D eigenvalue weighted by Crippen LogP contribution is -2.51. The van der Waals surface area contributed by atoms with Gasteiger partial charge in [0.15, 0.2) is 0 Å². The normalized spacial score (nSPS) is 35.5. The standard InChI is InChI=1S/C12H19N/c1-10-4-6-13-7-5-11(2)9-12(13,3)8-10/h9H,1,4-8H2,2-3H3. The van der Waals surface area contributed by atoms with Crippen LogP contribution in [0.1, 0.15) is 33.1 Å². The monoisotopic (exact) mass is 177 g/mol. The molecule has 2 aliphatic rings. The molecule has 13 heavy (non-hydrogen) atoms. The molecule has 0 bridgehead atoms. The second kappa shape index (κ2) is 2.98. The molecule has 0 spiro atoms. The molecule has 0 saturated carbocycles. The Balaban J connectivity index is 2.26. The number of hydrogen-bond donors (Lipinski definition) is 0. The summed E-state index contributed by atoms with van der Waals surface area (Å²) < 4.78 is 0. The van der Waals surface area contributed by atoms with Crippen molar-refractivity contribution in [1.82, 2.24) is 4.90 Å². The van der Waals surface area contributed by atoms with E-state index in [1.54, 1.807) is 5.57 Å². The van der Waals surface area contributed by atoms with Gasteiger partial charge in [-0.2, -0.15) is 0 Å². The molecule has 72 valence electrons. The van der Waals surface area contributed by atoms with Gasteiger partial charge in [0.25, 0.3) is 0 Å². The maximum atomic E-state index is 4.12. The smallest absolute Gasteiger partial charge is 0.0402 e. The molecule has 1 fully saturated rings. The Bertz CT molecular complexity index is 264. The van der Waals surface area contributed by atoms with Crippen molar-refractivity contribution in [2.24, 2.45) is 0 Å². The zero-order chi connectivity index (χ0) is 9.47. The summed E-state index contributed by atoms with van der Waals surface area (Å²) in [5, 5.41) is 0. The molecule has 1 atom stereocenters. The first-order valence-corrected chi connectivity index (χ1v) is 5.20. The Morgan fingerprint density at radius 3 is 2.85 bits per heavy atom. The first kappa shape index (κ1) is 9.01. The number of rotatable bonds is 0. The first-order valence-electron chi connectivity index (χ1n) is 5.20. The fourth-order valence-corrected chi connectivity index (χ4v) is 2.68. The van der Waals surface area contributed by atoms with Crippen molar-refractivity contribution in [3.63, 3.8) is 0 Å². The van der Waals surface area contributed by atoms with E-state index < -0.39 is 0 Å². The molecule has 1 nitrogen and oxygen atoms in total. The van der Waals surface area contributed by atoms with Crippen molar-refractivity contribution < 1.29 is 0 Å². The second-order valence-electron chi connectivity index (χ2n) is 4.76. The zero-order valence-corrected chi connectivity index (χ0v) is 8.77. The maximum Gasteiger partial charge on any atom is 0.0402 e. The molecular weight excluding hydrogens is 158 g/mol. The third-order valence-electron chi connectivity index (χ3n) is 3.40. The molecule has 0 radical (unpaired) electrons. The van der Waals surface area contributed by atoms with Gasteiger partial charge in [-0.3, -0.25) is 4.90 Å². The van der Waals surface area contributed by atoms with E-state index in [-0.39, 0.29) is 5.54 Å². The minimum Gasteiger partial charge on any atom is -0.294 e. The van der Waals surface area contributed by atoms with Crippen molar-refractivity contribution in [2.45, 2.75) is 38.6 Å². The summed E-state index contributed by atoms with van der Waals surface area (Å²) in [5.74, 6) is 0. The molecular formula is C12H19N. The lowest BCUT2D eigenvalue weighted by Gasteiger charge is -2.47. The minimum atomic E-state index is 0.289. The summed E-state index contributed by atoms with van der Waals surface area (Å²) in [6, 6.07) is 0. The van der Waals surface area contributed by atoms with E-state index in [0.717, 1.165) is 6.42 Å². The van der Waals surface area contributed by atoms with Gasteiger partial charge < -0.3 is 0 Å². The Morgan fingerprint density at radius 2 is 2.08 bits per heavy atom. The lowest BCUT2D eigenvalue weighted by atomic mass is 9.81. The number of hydrogen-bond acceptors (Lipinski definition) is 1. The molecule has 1 heteroatoms. The molecule has 0 N–H and O–H groups in total. The van der Waals surface area contributed by atoms with Crippen LogP contribution in [0.15, 0.2) is 23.8 Å². The van der Waals surface area contributed by atoms with Crippen LogP contribution in [0.2, 0.25) is 0 Å². The molecule has 1 saturated heterocycles. The van der Waals surface area contributed by atoms with Crippen molar-refractivity contribution in [3.05, 3.63) is 23.8 Å². The highest BCUT2D eigenvalue weighted by Crippen LogP contribution is 2.35. The van der Waals surface area contributed by atoms with Crippen molar-refractivity contribution in [1.29, 1.82) is 0 Å². The third kappa shape index (κ3) is 1.58. The van der Waals surface area contributed by atoms with Crippen molar-refractivity contribution in [3.8, 4) is 0 Å². The average Bonchev–Trinajstić information content (AvgIpc) is 2.01. The van der Waals surface area contributed by atoms with E-state index in [1.807, 2.05) is 0 Å². The zero-order valence-electron chi connectivity index (χ0n) is 8.77. The van der Waals surface area contributed by atoms with Crippen LogP contribution in [0.4, 0.5) is 0 Å². The topological polar surface area (TPSA) is 3.24 Å². The predicted molar refractivity (Wildman–Crippen MR) is 56.7 cm³/mol. The molecule has 1 unspecified atom stereocenters. The average molecular weight is 177 g/mol. The van der Waals surface area contributed by atoms with Gasteiger partial charge in [-0.25, -0.2) is 0 Å². The van der Waals surface area contributed by atoms with Crippen LogP contribution in [0.5, 0.6) is 0 Å². The molecule has 0 aromatic heterocycles. The van der Waals surface area contributed by atoms with E-state index in [9.17, 15) is 0 Å². The van der Waals surface area contributed by atoms with Gasteiger partial charge in [-0.15, -0.1) is 0 Å². The summed E-state index contributed by atoms with van der Waals surface area (Å²) in [6.07, 6.45) is 6.05.